The number of urea groups is 1. The van der Waals surface area contributed by atoms with Gasteiger partial charge in [-0.1, -0.05) is 32.1 Å². The number of carbonyl (C=O) groups excluding carboxylic acids is 1. The van der Waals surface area contributed by atoms with Gasteiger partial charge in [-0.05, 0) is 31.1 Å². The van der Waals surface area contributed by atoms with Crippen molar-refractivity contribution < 1.29 is 9.53 Å². The Bertz CT molecular complexity index is 603. The number of hydrogen-bond donors (Lipinski definition) is 2. The molecule has 2 amide bonds. The summed E-state index contributed by atoms with van der Waals surface area (Å²) in [7, 11) is 1.88. The van der Waals surface area contributed by atoms with E-state index < -0.39 is 0 Å². The number of amides is 2. The third-order valence-electron chi connectivity index (χ3n) is 6.13. The van der Waals surface area contributed by atoms with Gasteiger partial charge < -0.3 is 10.1 Å². The lowest BCUT2D eigenvalue weighted by Gasteiger charge is -2.21. The topological polar surface area (TPSA) is 68.2 Å². The van der Waals surface area contributed by atoms with E-state index in [1.807, 2.05) is 13.1 Å². The van der Waals surface area contributed by atoms with Gasteiger partial charge in [0, 0.05) is 31.7 Å². The van der Waals surface area contributed by atoms with Crippen molar-refractivity contribution in [1.29, 1.82) is 0 Å². The third kappa shape index (κ3) is 4.00. The molecule has 3 aliphatic rings. The van der Waals surface area contributed by atoms with Gasteiger partial charge in [-0.25, -0.2) is 4.79 Å². The van der Waals surface area contributed by atoms with Crippen molar-refractivity contribution in [3.05, 3.63) is 11.8 Å². The largest absolute Gasteiger partial charge is 0.381 e. The van der Waals surface area contributed by atoms with Gasteiger partial charge in [0.2, 0.25) is 0 Å². The third-order valence-corrected chi connectivity index (χ3v) is 6.13. The van der Waals surface area contributed by atoms with Crippen molar-refractivity contribution in [1.82, 2.24) is 15.1 Å². The smallest absolute Gasteiger partial charge is 0.320 e. The second-order valence-corrected chi connectivity index (χ2v) is 7.99. The number of carbonyl (C=O) groups is 1. The lowest BCUT2D eigenvalue weighted by atomic mass is 9.85. The Morgan fingerprint density at radius 1 is 1.24 bits per heavy atom. The summed E-state index contributed by atoms with van der Waals surface area (Å²) in [6, 6.07) is 2.25. The number of hydrogen-bond acceptors (Lipinski definition) is 3. The molecule has 6 heteroatoms. The van der Waals surface area contributed by atoms with Gasteiger partial charge in [-0.3, -0.25) is 10.00 Å². The fourth-order valence-corrected chi connectivity index (χ4v) is 4.56. The molecule has 4 rings (SSSR count). The highest BCUT2D eigenvalue weighted by molar-refractivity contribution is 5.88. The van der Waals surface area contributed by atoms with Crippen LogP contribution in [-0.2, 0) is 11.8 Å². The summed E-state index contributed by atoms with van der Waals surface area (Å²) in [6.07, 6.45) is 10.1. The van der Waals surface area contributed by atoms with E-state index in [4.69, 9.17) is 4.74 Å². The van der Waals surface area contributed by atoms with Gasteiger partial charge in [0.1, 0.15) is 5.82 Å². The minimum absolute atomic E-state index is 0.0993. The highest BCUT2D eigenvalue weighted by Crippen LogP contribution is 2.44. The molecule has 2 N–H and O–H groups in total. The molecule has 2 saturated carbocycles. The van der Waals surface area contributed by atoms with Gasteiger partial charge in [-0.15, -0.1) is 0 Å². The minimum Gasteiger partial charge on any atom is -0.381 e. The molecular weight excluding hydrogens is 316 g/mol. The summed E-state index contributed by atoms with van der Waals surface area (Å²) >= 11 is 0. The first-order chi connectivity index (χ1) is 12.2. The standard InChI is InChI=1S/C19H30N4O2/c1-23-18(11-16(22-23)14-8-5-9-25-12-14)21-19(24)20-17-10-15(17)13-6-3-2-4-7-13/h11,13-15,17H,2-10,12H2,1H3,(H2,20,21,24)/t14?,15-,17+/m0/s1. The van der Waals surface area contributed by atoms with Crippen molar-refractivity contribution in [3.8, 4) is 0 Å². The van der Waals surface area contributed by atoms with Crippen molar-refractivity contribution in [2.45, 2.75) is 63.3 Å². The van der Waals surface area contributed by atoms with Crippen LogP contribution < -0.4 is 10.6 Å². The first-order valence-corrected chi connectivity index (χ1v) is 9.90. The van der Waals surface area contributed by atoms with E-state index in [0.29, 0.717) is 17.9 Å². The second kappa shape index (κ2) is 7.36. The van der Waals surface area contributed by atoms with Gasteiger partial charge in [0.15, 0.2) is 0 Å². The normalized spacial score (nSPS) is 30.0. The van der Waals surface area contributed by atoms with Crippen LogP contribution in [0.15, 0.2) is 6.07 Å². The average Bonchev–Trinajstić information content (AvgIpc) is 3.31. The molecule has 138 valence electrons. The van der Waals surface area contributed by atoms with Crippen molar-refractivity contribution in [3.63, 3.8) is 0 Å². The van der Waals surface area contributed by atoms with Crippen molar-refractivity contribution >= 4 is 11.8 Å². The van der Waals surface area contributed by atoms with Crippen LogP contribution in [0.2, 0.25) is 0 Å². The molecule has 0 spiro atoms. The first kappa shape index (κ1) is 16.9. The molecule has 1 aromatic heterocycles. The highest BCUT2D eigenvalue weighted by atomic mass is 16.5. The van der Waals surface area contributed by atoms with Gasteiger partial charge in [-0.2, -0.15) is 5.10 Å². The molecule has 6 nitrogen and oxygen atoms in total. The summed E-state index contributed by atoms with van der Waals surface area (Å²) in [5, 5.41) is 10.7. The van der Waals surface area contributed by atoms with Crippen molar-refractivity contribution in [2.75, 3.05) is 18.5 Å². The predicted octanol–water partition coefficient (Wildman–Crippen LogP) is 3.40. The molecule has 2 heterocycles. The zero-order valence-corrected chi connectivity index (χ0v) is 15.2. The molecule has 1 aliphatic heterocycles. The monoisotopic (exact) mass is 346 g/mol. The molecule has 25 heavy (non-hydrogen) atoms. The molecule has 0 bridgehead atoms. The molecule has 1 unspecified atom stereocenters. The zero-order chi connectivity index (χ0) is 17.2. The summed E-state index contributed by atoms with van der Waals surface area (Å²) < 4.78 is 7.31. The Morgan fingerprint density at radius 2 is 2.08 bits per heavy atom. The van der Waals surface area contributed by atoms with Gasteiger partial charge >= 0.3 is 6.03 Å². The van der Waals surface area contributed by atoms with Crippen LogP contribution in [0.5, 0.6) is 0 Å². The molecule has 0 aromatic carbocycles. The van der Waals surface area contributed by atoms with Crippen LogP contribution in [0.4, 0.5) is 10.6 Å². The number of anilines is 1. The Labute approximate surface area is 149 Å². The number of nitrogens with zero attached hydrogens (tertiary/aromatic N) is 2. The quantitative estimate of drug-likeness (QED) is 0.878. The van der Waals surface area contributed by atoms with Crippen molar-refractivity contribution in [2.24, 2.45) is 18.9 Å². The fourth-order valence-electron chi connectivity index (χ4n) is 4.56. The lowest BCUT2D eigenvalue weighted by molar-refractivity contribution is 0.0791. The Kier molecular flexibility index (Phi) is 4.97. The zero-order valence-electron chi connectivity index (χ0n) is 15.2. The molecule has 2 aliphatic carbocycles. The van der Waals surface area contributed by atoms with E-state index in [-0.39, 0.29) is 6.03 Å². The van der Waals surface area contributed by atoms with Crippen LogP contribution in [0.25, 0.3) is 0 Å². The summed E-state index contributed by atoms with van der Waals surface area (Å²) in [5.74, 6) is 2.63. The van der Waals surface area contributed by atoms with Gasteiger partial charge in [0.25, 0.3) is 0 Å². The molecule has 1 saturated heterocycles. The predicted molar refractivity (Wildman–Crippen MR) is 96.6 cm³/mol. The Balaban J connectivity index is 1.28. The second-order valence-electron chi connectivity index (χ2n) is 7.99. The number of aryl methyl sites for hydroxylation is 1. The molecule has 0 radical (unpaired) electrons. The van der Waals surface area contributed by atoms with E-state index in [1.54, 1.807) is 4.68 Å². The maximum absolute atomic E-state index is 12.3. The number of rotatable bonds is 4. The first-order valence-electron chi connectivity index (χ1n) is 9.90. The van der Waals surface area contributed by atoms with Crippen LogP contribution in [0.3, 0.4) is 0 Å². The maximum atomic E-state index is 12.3. The minimum atomic E-state index is -0.0993. The van der Waals surface area contributed by atoms with E-state index in [0.717, 1.165) is 49.9 Å². The Morgan fingerprint density at radius 3 is 2.84 bits per heavy atom. The highest BCUT2D eigenvalue weighted by Gasteiger charge is 2.43. The molecule has 3 atom stereocenters. The molecule has 1 aromatic rings. The van der Waals surface area contributed by atoms with Crippen LogP contribution in [-0.4, -0.2) is 35.1 Å². The molecular formula is C19H30N4O2. The number of aromatic nitrogens is 2. The Hall–Kier alpha value is -1.56. The summed E-state index contributed by atoms with van der Waals surface area (Å²) in [5.41, 5.74) is 1.02. The summed E-state index contributed by atoms with van der Waals surface area (Å²) in [6.45, 7) is 1.58. The van der Waals surface area contributed by atoms with Gasteiger partial charge in [0.05, 0.1) is 12.3 Å². The lowest BCUT2D eigenvalue weighted by Crippen LogP contribution is -2.33. The number of nitrogens with one attached hydrogen (secondary N) is 2. The summed E-state index contributed by atoms with van der Waals surface area (Å²) in [4.78, 5) is 12.3. The fraction of sp³-hybridized carbons (Fsp3) is 0.789. The van der Waals surface area contributed by atoms with E-state index in [1.165, 1.54) is 32.1 Å². The van der Waals surface area contributed by atoms with E-state index in [2.05, 4.69) is 15.7 Å². The van der Waals surface area contributed by atoms with Crippen LogP contribution >= 0.6 is 0 Å². The van der Waals surface area contributed by atoms with Crippen LogP contribution in [0, 0.1) is 11.8 Å². The average molecular weight is 346 g/mol. The SMILES string of the molecule is Cn1nc(C2CCCOC2)cc1NC(=O)N[C@@H]1C[C@H]1C1CCCCC1. The van der Waals surface area contributed by atoms with Crippen LogP contribution in [0.1, 0.15) is 63.0 Å². The number of ether oxygens (including phenoxy) is 1. The van der Waals surface area contributed by atoms with E-state index in [9.17, 15) is 4.79 Å². The van der Waals surface area contributed by atoms with E-state index >= 15 is 0 Å². The maximum Gasteiger partial charge on any atom is 0.320 e. The molecule has 3 fully saturated rings.